The smallest absolute Gasteiger partial charge is 0.257 e. The molecule has 0 atom stereocenters. The number of hydrogen-bond acceptors (Lipinski definition) is 3. The fraction of sp³-hybridized carbons (Fsp3) is 0.188. The van der Waals surface area contributed by atoms with Crippen LogP contribution >= 0.6 is 11.6 Å². The average Bonchev–Trinajstić information content (AvgIpc) is 2.86. The van der Waals surface area contributed by atoms with Crippen molar-refractivity contribution < 1.29 is 17.6 Å². The van der Waals surface area contributed by atoms with Gasteiger partial charge in [-0.3, -0.25) is 9.10 Å². The molecule has 1 aliphatic rings. The number of carbonyl (C=O) groups excluding carboxylic acids is 1. The molecule has 0 aliphatic carbocycles. The third-order valence-corrected chi connectivity index (χ3v) is 5.85. The lowest BCUT2D eigenvalue weighted by Crippen LogP contribution is -2.25. The lowest BCUT2D eigenvalue weighted by atomic mass is 10.2. The molecule has 2 aromatic carbocycles. The van der Waals surface area contributed by atoms with Gasteiger partial charge in [0, 0.05) is 12.2 Å². The van der Waals surface area contributed by atoms with Crippen LogP contribution in [0.15, 0.2) is 42.5 Å². The van der Waals surface area contributed by atoms with Gasteiger partial charge in [-0.25, -0.2) is 12.8 Å². The van der Waals surface area contributed by atoms with Crippen LogP contribution in [0.4, 0.5) is 15.8 Å². The van der Waals surface area contributed by atoms with Crippen LogP contribution in [0.3, 0.4) is 0 Å². The van der Waals surface area contributed by atoms with Crippen LogP contribution in [0, 0.1) is 5.82 Å². The SMILES string of the molecule is O=C(Nc1cccc(N2CCCS2(=O)=O)c1)c1ccc(F)cc1Cl. The van der Waals surface area contributed by atoms with E-state index < -0.39 is 21.7 Å². The molecule has 1 saturated heterocycles. The molecule has 8 heteroatoms. The van der Waals surface area contributed by atoms with E-state index >= 15 is 0 Å². The lowest BCUT2D eigenvalue weighted by molar-refractivity contribution is 0.102. The summed E-state index contributed by atoms with van der Waals surface area (Å²) >= 11 is 5.87. The first-order valence-corrected chi connectivity index (χ1v) is 9.22. The molecule has 126 valence electrons. The first-order chi connectivity index (χ1) is 11.4. The molecule has 5 nitrogen and oxygen atoms in total. The van der Waals surface area contributed by atoms with Gasteiger partial charge in [0.2, 0.25) is 10.0 Å². The molecular formula is C16H14ClFN2O3S. The van der Waals surface area contributed by atoms with Crippen molar-refractivity contribution >= 4 is 38.9 Å². The maximum Gasteiger partial charge on any atom is 0.257 e. The van der Waals surface area contributed by atoms with E-state index in [1.165, 1.54) is 10.4 Å². The maximum absolute atomic E-state index is 13.1. The highest BCUT2D eigenvalue weighted by atomic mass is 35.5. The summed E-state index contributed by atoms with van der Waals surface area (Å²) in [4.78, 5) is 12.3. The Labute approximate surface area is 144 Å². The summed E-state index contributed by atoms with van der Waals surface area (Å²) in [6.07, 6.45) is 0.574. The second kappa shape index (κ2) is 6.41. The molecular weight excluding hydrogens is 355 g/mol. The fourth-order valence-electron chi connectivity index (χ4n) is 2.54. The molecule has 2 aromatic rings. The monoisotopic (exact) mass is 368 g/mol. The topological polar surface area (TPSA) is 66.5 Å². The molecule has 24 heavy (non-hydrogen) atoms. The van der Waals surface area contributed by atoms with Crippen LogP contribution in [0.2, 0.25) is 5.02 Å². The van der Waals surface area contributed by atoms with Gasteiger partial charge in [0.15, 0.2) is 0 Å². The summed E-state index contributed by atoms with van der Waals surface area (Å²) in [5.41, 5.74) is 1.06. The van der Waals surface area contributed by atoms with Gasteiger partial charge in [0.25, 0.3) is 5.91 Å². The van der Waals surface area contributed by atoms with Gasteiger partial charge in [-0.15, -0.1) is 0 Å². The van der Waals surface area contributed by atoms with E-state index in [2.05, 4.69) is 5.32 Å². The van der Waals surface area contributed by atoms with E-state index in [4.69, 9.17) is 11.6 Å². The van der Waals surface area contributed by atoms with Crippen molar-refractivity contribution in [2.24, 2.45) is 0 Å². The number of carbonyl (C=O) groups is 1. The van der Waals surface area contributed by atoms with Gasteiger partial charge in [0.05, 0.1) is 22.0 Å². The van der Waals surface area contributed by atoms with Crippen molar-refractivity contribution in [2.75, 3.05) is 21.9 Å². The summed E-state index contributed by atoms with van der Waals surface area (Å²) in [5.74, 6) is -0.909. The Morgan fingerprint density at radius 3 is 2.67 bits per heavy atom. The zero-order chi connectivity index (χ0) is 17.3. The van der Waals surface area contributed by atoms with Crippen LogP contribution in [0.5, 0.6) is 0 Å². The predicted octanol–water partition coefficient (Wildman–Crippen LogP) is 3.27. The third-order valence-electron chi connectivity index (χ3n) is 3.67. The summed E-state index contributed by atoms with van der Waals surface area (Å²) in [6, 6.07) is 10.0. The van der Waals surface area contributed by atoms with Gasteiger partial charge < -0.3 is 5.32 Å². The molecule has 1 heterocycles. The molecule has 3 rings (SSSR count). The van der Waals surface area contributed by atoms with Crippen molar-refractivity contribution in [1.29, 1.82) is 0 Å². The molecule has 0 aromatic heterocycles. The quantitative estimate of drug-likeness (QED) is 0.904. The second-order valence-corrected chi connectivity index (χ2v) is 7.79. The van der Waals surface area contributed by atoms with Gasteiger partial charge in [-0.05, 0) is 42.8 Å². The molecule has 0 spiro atoms. The molecule has 1 fully saturated rings. The highest BCUT2D eigenvalue weighted by molar-refractivity contribution is 7.93. The molecule has 1 amide bonds. The Morgan fingerprint density at radius 1 is 1.21 bits per heavy atom. The molecule has 1 aliphatic heterocycles. The molecule has 1 N–H and O–H groups in total. The Balaban J connectivity index is 1.83. The highest BCUT2D eigenvalue weighted by Crippen LogP contribution is 2.27. The molecule has 0 saturated carbocycles. The van der Waals surface area contributed by atoms with E-state index in [9.17, 15) is 17.6 Å². The number of nitrogens with zero attached hydrogens (tertiary/aromatic N) is 1. The van der Waals surface area contributed by atoms with Gasteiger partial charge in [-0.1, -0.05) is 17.7 Å². The van der Waals surface area contributed by atoms with Crippen molar-refractivity contribution in [3.8, 4) is 0 Å². The van der Waals surface area contributed by atoms with E-state index in [1.54, 1.807) is 24.3 Å². The van der Waals surface area contributed by atoms with Crippen molar-refractivity contribution in [1.82, 2.24) is 0 Å². The van der Waals surface area contributed by atoms with Crippen LogP contribution in [0.1, 0.15) is 16.8 Å². The number of rotatable bonds is 3. The van der Waals surface area contributed by atoms with E-state index in [0.717, 1.165) is 12.1 Å². The van der Waals surface area contributed by atoms with Gasteiger partial charge in [-0.2, -0.15) is 0 Å². The maximum atomic E-state index is 13.1. The molecule has 0 radical (unpaired) electrons. The Kier molecular flexibility index (Phi) is 4.47. The minimum atomic E-state index is -3.29. The minimum Gasteiger partial charge on any atom is -0.322 e. The van der Waals surface area contributed by atoms with Crippen molar-refractivity contribution in [3.05, 3.63) is 58.9 Å². The van der Waals surface area contributed by atoms with Crippen LogP contribution in [-0.2, 0) is 10.0 Å². The first kappa shape index (κ1) is 16.7. The van der Waals surface area contributed by atoms with Crippen LogP contribution < -0.4 is 9.62 Å². The number of benzene rings is 2. The summed E-state index contributed by atoms with van der Waals surface area (Å²) in [6.45, 7) is 0.420. The fourth-order valence-corrected chi connectivity index (χ4v) is 4.35. The largest absolute Gasteiger partial charge is 0.322 e. The minimum absolute atomic E-state index is 0.00535. The normalized spacial score (nSPS) is 16.2. The van der Waals surface area contributed by atoms with Crippen LogP contribution in [-0.4, -0.2) is 26.6 Å². The van der Waals surface area contributed by atoms with E-state index in [-0.39, 0.29) is 16.3 Å². The van der Waals surface area contributed by atoms with Gasteiger partial charge >= 0.3 is 0 Å². The number of anilines is 2. The summed E-state index contributed by atoms with van der Waals surface area (Å²) in [5, 5.41) is 2.65. The zero-order valence-corrected chi connectivity index (χ0v) is 14.1. The molecule has 0 unspecified atom stereocenters. The first-order valence-electron chi connectivity index (χ1n) is 7.24. The standard InChI is InChI=1S/C16H14ClFN2O3S/c17-15-9-11(18)5-6-14(15)16(21)19-12-3-1-4-13(10-12)20-7-2-8-24(20,22)23/h1,3-6,9-10H,2,7-8H2,(H,19,21). The summed E-state index contributed by atoms with van der Waals surface area (Å²) in [7, 11) is -3.29. The number of amides is 1. The van der Waals surface area contributed by atoms with Crippen molar-refractivity contribution in [2.45, 2.75) is 6.42 Å². The van der Waals surface area contributed by atoms with Gasteiger partial charge in [0.1, 0.15) is 5.82 Å². The highest BCUT2D eigenvalue weighted by Gasteiger charge is 2.28. The van der Waals surface area contributed by atoms with Crippen LogP contribution in [0.25, 0.3) is 0 Å². The number of hydrogen-bond donors (Lipinski definition) is 1. The number of nitrogens with one attached hydrogen (secondary N) is 1. The molecule has 0 bridgehead atoms. The number of sulfonamides is 1. The third kappa shape index (κ3) is 3.37. The Bertz CT molecular complexity index is 902. The Hall–Kier alpha value is -2.12. The number of halogens is 2. The van der Waals surface area contributed by atoms with E-state index in [0.29, 0.717) is 24.3 Å². The average molecular weight is 369 g/mol. The van der Waals surface area contributed by atoms with Crippen molar-refractivity contribution in [3.63, 3.8) is 0 Å². The predicted molar refractivity (Wildman–Crippen MR) is 91.6 cm³/mol. The Morgan fingerprint density at radius 2 is 2.00 bits per heavy atom. The zero-order valence-electron chi connectivity index (χ0n) is 12.5. The summed E-state index contributed by atoms with van der Waals surface area (Å²) < 4.78 is 38.3. The second-order valence-electron chi connectivity index (χ2n) is 5.37. The lowest BCUT2D eigenvalue weighted by Gasteiger charge is -2.18. The van der Waals surface area contributed by atoms with E-state index in [1.807, 2.05) is 0 Å².